The minimum absolute atomic E-state index is 0.0862. The van der Waals surface area contributed by atoms with Crippen LogP contribution in [0.2, 0.25) is 0 Å². The van der Waals surface area contributed by atoms with Crippen molar-refractivity contribution in [3.63, 3.8) is 0 Å². The van der Waals surface area contributed by atoms with Crippen molar-refractivity contribution >= 4 is 22.0 Å². The lowest BCUT2D eigenvalue weighted by atomic mass is 9.79. The van der Waals surface area contributed by atoms with Crippen molar-refractivity contribution in [2.24, 2.45) is 5.92 Å². The van der Waals surface area contributed by atoms with Crippen LogP contribution in [0.4, 0.5) is 4.79 Å². The lowest BCUT2D eigenvalue weighted by Crippen LogP contribution is -2.54. The van der Waals surface area contributed by atoms with Gasteiger partial charge < -0.3 is 5.32 Å². The summed E-state index contributed by atoms with van der Waals surface area (Å²) in [5, 5.41) is 13.8. The second kappa shape index (κ2) is 6.13. The molecule has 25 heavy (non-hydrogen) atoms. The van der Waals surface area contributed by atoms with Crippen molar-refractivity contribution in [2.45, 2.75) is 30.2 Å². The van der Waals surface area contributed by atoms with E-state index in [0.29, 0.717) is 12.8 Å². The van der Waals surface area contributed by atoms with Crippen LogP contribution >= 0.6 is 0 Å². The van der Waals surface area contributed by atoms with E-state index in [2.05, 4.69) is 10.6 Å². The zero-order valence-corrected chi connectivity index (χ0v) is 14.5. The summed E-state index contributed by atoms with van der Waals surface area (Å²) in [6, 6.07) is 7.32. The maximum Gasteiger partial charge on any atom is 0.322 e. The molecule has 2 heterocycles. The molecule has 8 nitrogen and oxygen atoms in total. The predicted molar refractivity (Wildman–Crippen MR) is 87.7 cm³/mol. The first-order valence-electron chi connectivity index (χ1n) is 7.91. The summed E-state index contributed by atoms with van der Waals surface area (Å²) in [6.07, 6.45) is 0.919. The molecule has 1 aromatic carbocycles. The van der Waals surface area contributed by atoms with Crippen molar-refractivity contribution in [3.8, 4) is 6.07 Å². The molecule has 0 spiro atoms. The molecule has 2 aliphatic rings. The monoisotopic (exact) mass is 362 g/mol. The van der Waals surface area contributed by atoms with E-state index in [1.807, 2.05) is 6.07 Å². The van der Waals surface area contributed by atoms with Gasteiger partial charge in [0.2, 0.25) is 10.0 Å². The number of rotatable bonds is 3. The third kappa shape index (κ3) is 2.99. The van der Waals surface area contributed by atoms with E-state index in [-0.39, 0.29) is 35.4 Å². The Morgan fingerprint density at radius 1 is 1.28 bits per heavy atom. The van der Waals surface area contributed by atoms with Gasteiger partial charge in [-0.3, -0.25) is 10.1 Å². The van der Waals surface area contributed by atoms with Crippen molar-refractivity contribution in [2.75, 3.05) is 13.1 Å². The maximum absolute atomic E-state index is 12.7. The molecule has 0 aliphatic carbocycles. The van der Waals surface area contributed by atoms with Gasteiger partial charge in [0.15, 0.2) is 0 Å². The van der Waals surface area contributed by atoms with E-state index in [9.17, 15) is 18.0 Å². The molecule has 0 bridgehead atoms. The molecule has 0 aromatic heterocycles. The van der Waals surface area contributed by atoms with Gasteiger partial charge in [-0.25, -0.2) is 13.2 Å². The van der Waals surface area contributed by atoms with Gasteiger partial charge in [-0.2, -0.15) is 9.57 Å². The fraction of sp³-hybridized carbons (Fsp3) is 0.438. The number of nitrogens with zero attached hydrogens (tertiary/aromatic N) is 2. The van der Waals surface area contributed by atoms with Gasteiger partial charge in [0.25, 0.3) is 5.91 Å². The number of benzene rings is 1. The number of hydrogen-bond donors (Lipinski definition) is 2. The Morgan fingerprint density at radius 3 is 2.52 bits per heavy atom. The topological polar surface area (TPSA) is 119 Å². The van der Waals surface area contributed by atoms with Gasteiger partial charge in [0, 0.05) is 13.1 Å². The van der Waals surface area contributed by atoms with Crippen LogP contribution in [0.3, 0.4) is 0 Å². The summed E-state index contributed by atoms with van der Waals surface area (Å²) >= 11 is 0. The molecule has 2 aliphatic heterocycles. The summed E-state index contributed by atoms with van der Waals surface area (Å²) in [5.74, 6) is -0.517. The molecule has 0 saturated carbocycles. The number of piperidine rings is 1. The number of nitriles is 1. The fourth-order valence-corrected chi connectivity index (χ4v) is 4.91. The molecular weight excluding hydrogens is 344 g/mol. The van der Waals surface area contributed by atoms with Crippen LogP contribution < -0.4 is 10.6 Å². The highest BCUT2D eigenvalue weighted by atomic mass is 32.2. The number of sulfonamides is 1. The highest BCUT2D eigenvalue weighted by Crippen LogP contribution is 2.32. The molecule has 9 heteroatoms. The molecule has 132 valence electrons. The summed E-state index contributed by atoms with van der Waals surface area (Å²) in [6.45, 7) is 2.17. The molecule has 2 N–H and O–H groups in total. The molecule has 2 saturated heterocycles. The van der Waals surface area contributed by atoms with Gasteiger partial charge in [-0.1, -0.05) is 6.07 Å². The lowest BCUT2D eigenvalue weighted by Gasteiger charge is -2.38. The molecule has 3 rings (SSSR count). The number of urea groups is 1. The number of imide groups is 1. The quantitative estimate of drug-likeness (QED) is 0.761. The fourth-order valence-electron chi connectivity index (χ4n) is 3.39. The largest absolute Gasteiger partial charge is 0.323 e. The number of amides is 3. The average Bonchev–Trinajstić information content (AvgIpc) is 2.88. The molecule has 3 amide bonds. The van der Waals surface area contributed by atoms with Crippen molar-refractivity contribution < 1.29 is 18.0 Å². The third-order valence-electron chi connectivity index (χ3n) is 4.94. The van der Waals surface area contributed by atoms with E-state index in [4.69, 9.17) is 5.26 Å². The van der Waals surface area contributed by atoms with Gasteiger partial charge in [-0.15, -0.1) is 0 Å². The van der Waals surface area contributed by atoms with E-state index >= 15 is 0 Å². The zero-order chi connectivity index (χ0) is 18.2. The number of carbonyl (C=O) groups excluding carboxylic acids is 2. The van der Waals surface area contributed by atoms with Gasteiger partial charge >= 0.3 is 6.03 Å². The average molecular weight is 362 g/mol. The van der Waals surface area contributed by atoms with E-state index in [1.165, 1.54) is 22.5 Å². The zero-order valence-electron chi connectivity index (χ0n) is 13.7. The van der Waals surface area contributed by atoms with Gasteiger partial charge in [-0.05, 0) is 43.9 Å². The third-order valence-corrected chi connectivity index (χ3v) is 6.84. The molecular formula is C16H18N4O4S. The lowest BCUT2D eigenvalue weighted by molar-refractivity contribution is -0.125. The predicted octanol–water partition coefficient (Wildman–Crippen LogP) is 0.557. The first-order valence-corrected chi connectivity index (χ1v) is 9.35. The van der Waals surface area contributed by atoms with E-state index in [0.717, 1.165) is 0 Å². The summed E-state index contributed by atoms with van der Waals surface area (Å²) in [5.41, 5.74) is -0.720. The minimum atomic E-state index is -3.69. The minimum Gasteiger partial charge on any atom is -0.323 e. The van der Waals surface area contributed by atoms with Crippen LogP contribution in [0.25, 0.3) is 0 Å². The van der Waals surface area contributed by atoms with Crippen molar-refractivity contribution in [1.82, 2.24) is 14.9 Å². The molecule has 1 aromatic rings. The molecule has 2 fully saturated rings. The van der Waals surface area contributed by atoms with Crippen LogP contribution in [0, 0.1) is 17.2 Å². The summed E-state index contributed by atoms with van der Waals surface area (Å²) < 4.78 is 26.9. The summed E-state index contributed by atoms with van der Waals surface area (Å²) in [7, 11) is -3.69. The highest BCUT2D eigenvalue weighted by Gasteiger charge is 2.49. The highest BCUT2D eigenvalue weighted by molar-refractivity contribution is 7.89. The smallest absolute Gasteiger partial charge is 0.322 e. The molecule has 1 unspecified atom stereocenters. The second-order valence-corrected chi connectivity index (χ2v) is 8.37. The van der Waals surface area contributed by atoms with Crippen molar-refractivity contribution in [3.05, 3.63) is 29.8 Å². The van der Waals surface area contributed by atoms with Crippen LogP contribution in [0.1, 0.15) is 25.3 Å². The van der Waals surface area contributed by atoms with Gasteiger partial charge in [0.1, 0.15) is 5.54 Å². The molecule has 1 atom stereocenters. The Balaban J connectivity index is 1.75. The number of nitrogens with one attached hydrogen (secondary N) is 2. The number of carbonyl (C=O) groups is 2. The maximum atomic E-state index is 12.7. The van der Waals surface area contributed by atoms with E-state index < -0.39 is 21.6 Å². The standard InChI is InChI=1S/C16H18N4O4S/c1-16(14(21)18-15(22)19-16)12-5-7-20(8-6-12)25(23,24)13-4-2-3-11(9-13)10-17/h2-4,9,12H,5-8H2,1H3,(H2,18,19,21,22). The van der Waals surface area contributed by atoms with Crippen LogP contribution in [-0.2, 0) is 14.8 Å². The van der Waals surface area contributed by atoms with Crippen LogP contribution in [-0.4, -0.2) is 43.3 Å². The SMILES string of the molecule is CC1(C2CCN(S(=O)(=O)c3cccc(C#N)c3)CC2)NC(=O)NC1=O. The van der Waals surface area contributed by atoms with Crippen molar-refractivity contribution in [1.29, 1.82) is 5.26 Å². The number of hydrogen-bond acceptors (Lipinski definition) is 5. The van der Waals surface area contributed by atoms with Crippen LogP contribution in [0.15, 0.2) is 29.2 Å². The first kappa shape index (κ1) is 17.4. The Morgan fingerprint density at radius 2 is 1.96 bits per heavy atom. The Bertz CT molecular complexity index is 868. The Hall–Kier alpha value is -2.44. The van der Waals surface area contributed by atoms with E-state index in [1.54, 1.807) is 13.0 Å². The second-order valence-electron chi connectivity index (χ2n) is 6.43. The summed E-state index contributed by atoms with van der Waals surface area (Å²) in [4.78, 5) is 23.5. The Kier molecular flexibility index (Phi) is 4.26. The van der Waals surface area contributed by atoms with Crippen LogP contribution in [0.5, 0.6) is 0 Å². The Labute approximate surface area is 145 Å². The molecule has 0 radical (unpaired) electrons. The normalized spacial score (nSPS) is 25.3. The first-order chi connectivity index (χ1) is 11.8. The van der Waals surface area contributed by atoms with Gasteiger partial charge in [0.05, 0.1) is 16.5 Å².